The van der Waals surface area contributed by atoms with E-state index in [2.05, 4.69) is 21.3 Å². The number of fused-ring (bicyclic) bond motifs is 1. The third-order valence-electron chi connectivity index (χ3n) is 3.61. The molecule has 17 heavy (non-hydrogen) atoms. The van der Waals surface area contributed by atoms with Crippen LogP contribution in [0, 0.1) is 12.5 Å². The molecule has 1 saturated carbocycles. The van der Waals surface area contributed by atoms with Gasteiger partial charge in [0.05, 0.1) is 6.57 Å². The Kier molecular flexibility index (Phi) is 2.38. The summed E-state index contributed by atoms with van der Waals surface area (Å²) in [6.07, 6.45) is 3.37. The molecule has 1 aromatic carbocycles. The topological polar surface area (TPSA) is 32.2 Å². The molecule has 3 rings (SSSR count). The third kappa shape index (κ3) is 1.71. The first-order chi connectivity index (χ1) is 8.33. The van der Waals surface area contributed by atoms with Crippen molar-refractivity contribution >= 4 is 16.6 Å². The van der Waals surface area contributed by atoms with Gasteiger partial charge in [-0.15, -0.1) is 0 Å². The van der Waals surface area contributed by atoms with E-state index >= 15 is 0 Å². The zero-order valence-corrected chi connectivity index (χ0v) is 9.83. The Bertz CT molecular complexity index is 591. The Morgan fingerprint density at radius 2 is 2.41 bits per heavy atom. The molecule has 1 aliphatic rings. The molecular formula is C14H15N3. The number of hydrogen-bond acceptors (Lipinski definition) is 1. The zero-order valence-electron chi connectivity index (χ0n) is 9.83. The van der Waals surface area contributed by atoms with Crippen LogP contribution in [0.4, 0.5) is 5.69 Å². The van der Waals surface area contributed by atoms with Crippen molar-refractivity contribution in [3.8, 4) is 0 Å². The quantitative estimate of drug-likeness (QED) is 0.773. The number of nitrogens with zero attached hydrogens (tertiary/aromatic N) is 1. The average Bonchev–Trinajstić information content (AvgIpc) is 2.99. The van der Waals surface area contributed by atoms with Gasteiger partial charge in [0.15, 0.2) is 5.69 Å². The Morgan fingerprint density at radius 3 is 3.18 bits per heavy atom. The minimum Gasteiger partial charge on any atom is -0.361 e. The molecule has 1 unspecified atom stereocenters. The Balaban J connectivity index is 1.98. The van der Waals surface area contributed by atoms with Crippen LogP contribution < -0.4 is 5.32 Å². The van der Waals surface area contributed by atoms with Crippen molar-refractivity contribution in [2.24, 2.45) is 5.92 Å². The fourth-order valence-electron chi connectivity index (χ4n) is 2.62. The zero-order chi connectivity index (χ0) is 11.8. The standard InChI is InChI=1S/C14H15N3/c1-15-7-9-5-11(9)13-8-17-14-4-3-10(16-2)6-12(13)14/h3-4,6,8-9,11,15,17H,5,7H2,1H3/t9-,11?/m1/s1. The number of aromatic nitrogens is 1. The van der Waals surface area contributed by atoms with E-state index in [4.69, 9.17) is 6.57 Å². The lowest BCUT2D eigenvalue weighted by atomic mass is 10.1. The highest BCUT2D eigenvalue weighted by molar-refractivity contribution is 5.87. The highest BCUT2D eigenvalue weighted by Gasteiger charge is 2.38. The average molecular weight is 225 g/mol. The van der Waals surface area contributed by atoms with Gasteiger partial charge in [-0.05, 0) is 54.9 Å². The highest BCUT2D eigenvalue weighted by atomic mass is 14.8. The third-order valence-corrected chi connectivity index (χ3v) is 3.61. The fraction of sp³-hybridized carbons (Fsp3) is 0.357. The van der Waals surface area contributed by atoms with Crippen LogP contribution in [0.25, 0.3) is 15.7 Å². The molecule has 0 aliphatic heterocycles. The largest absolute Gasteiger partial charge is 0.361 e. The molecule has 0 spiro atoms. The normalized spacial score (nSPS) is 22.6. The molecule has 0 radical (unpaired) electrons. The van der Waals surface area contributed by atoms with E-state index in [1.54, 1.807) is 0 Å². The van der Waals surface area contributed by atoms with Gasteiger partial charge in [-0.1, -0.05) is 6.07 Å². The van der Waals surface area contributed by atoms with Gasteiger partial charge in [0.2, 0.25) is 0 Å². The number of H-pyrrole nitrogens is 1. The molecule has 1 aromatic heterocycles. The van der Waals surface area contributed by atoms with Crippen LogP contribution in [0.5, 0.6) is 0 Å². The van der Waals surface area contributed by atoms with Gasteiger partial charge in [-0.2, -0.15) is 0 Å². The lowest BCUT2D eigenvalue weighted by Crippen LogP contribution is -2.10. The summed E-state index contributed by atoms with van der Waals surface area (Å²) in [6.45, 7) is 8.16. The SMILES string of the molecule is [C-]#[N+]c1ccc2[nH]cc(C3C[C@@H]3CNC)c2c1. The van der Waals surface area contributed by atoms with E-state index < -0.39 is 0 Å². The van der Waals surface area contributed by atoms with Gasteiger partial charge in [0.25, 0.3) is 0 Å². The van der Waals surface area contributed by atoms with Crippen LogP contribution in [-0.2, 0) is 0 Å². The van der Waals surface area contributed by atoms with E-state index in [0.29, 0.717) is 5.92 Å². The number of benzene rings is 1. The summed E-state index contributed by atoms with van der Waals surface area (Å²) in [7, 11) is 2.00. The summed E-state index contributed by atoms with van der Waals surface area (Å²) in [5, 5.41) is 4.46. The molecule has 1 heterocycles. The van der Waals surface area contributed by atoms with E-state index in [-0.39, 0.29) is 0 Å². The van der Waals surface area contributed by atoms with E-state index in [9.17, 15) is 0 Å². The Labute approximate surface area is 101 Å². The summed E-state index contributed by atoms with van der Waals surface area (Å²) in [5.74, 6) is 1.42. The number of aromatic amines is 1. The smallest absolute Gasteiger partial charge is 0.187 e. The summed E-state index contributed by atoms with van der Waals surface area (Å²) >= 11 is 0. The Morgan fingerprint density at radius 1 is 1.53 bits per heavy atom. The summed E-state index contributed by atoms with van der Waals surface area (Å²) < 4.78 is 0. The molecule has 3 nitrogen and oxygen atoms in total. The number of rotatable bonds is 3. The van der Waals surface area contributed by atoms with Crippen molar-refractivity contribution in [2.45, 2.75) is 12.3 Å². The van der Waals surface area contributed by atoms with Gasteiger partial charge in [0, 0.05) is 11.7 Å². The lowest BCUT2D eigenvalue weighted by molar-refractivity contribution is 0.699. The van der Waals surface area contributed by atoms with Crippen molar-refractivity contribution in [3.63, 3.8) is 0 Å². The van der Waals surface area contributed by atoms with Crippen LogP contribution >= 0.6 is 0 Å². The van der Waals surface area contributed by atoms with Gasteiger partial charge < -0.3 is 10.3 Å². The molecule has 2 aromatic rings. The van der Waals surface area contributed by atoms with Crippen LogP contribution in [-0.4, -0.2) is 18.6 Å². The highest BCUT2D eigenvalue weighted by Crippen LogP contribution is 2.49. The van der Waals surface area contributed by atoms with Crippen LogP contribution in [0.2, 0.25) is 0 Å². The lowest BCUT2D eigenvalue weighted by Gasteiger charge is -1.99. The van der Waals surface area contributed by atoms with Gasteiger partial charge >= 0.3 is 0 Å². The second kappa shape index (κ2) is 3.90. The maximum Gasteiger partial charge on any atom is 0.187 e. The summed E-state index contributed by atoms with van der Waals surface area (Å²) in [4.78, 5) is 6.80. The van der Waals surface area contributed by atoms with Crippen LogP contribution in [0.1, 0.15) is 17.9 Å². The van der Waals surface area contributed by atoms with Gasteiger partial charge in [-0.25, -0.2) is 4.85 Å². The van der Waals surface area contributed by atoms with Crippen molar-refractivity contribution in [2.75, 3.05) is 13.6 Å². The summed E-state index contributed by atoms with van der Waals surface area (Å²) in [6, 6.07) is 5.87. The first-order valence-corrected chi connectivity index (χ1v) is 5.96. The number of hydrogen-bond donors (Lipinski definition) is 2. The molecular weight excluding hydrogens is 210 g/mol. The van der Waals surface area contributed by atoms with Crippen LogP contribution in [0.15, 0.2) is 24.4 Å². The minimum atomic E-state index is 0.664. The monoisotopic (exact) mass is 225 g/mol. The van der Waals surface area contributed by atoms with E-state index in [1.165, 1.54) is 17.4 Å². The van der Waals surface area contributed by atoms with E-state index in [1.807, 2.05) is 25.2 Å². The molecule has 0 bridgehead atoms. The predicted molar refractivity (Wildman–Crippen MR) is 69.3 cm³/mol. The van der Waals surface area contributed by atoms with Crippen molar-refractivity contribution in [1.29, 1.82) is 0 Å². The maximum absolute atomic E-state index is 7.08. The van der Waals surface area contributed by atoms with Crippen molar-refractivity contribution in [1.82, 2.24) is 10.3 Å². The van der Waals surface area contributed by atoms with Gasteiger partial charge in [0.1, 0.15) is 0 Å². The van der Waals surface area contributed by atoms with Gasteiger partial charge in [-0.3, -0.25) is 0 Å². The molecule has 1 aliphatic carbocycles. The Hall–Kier alpha value is -1.79. The first-order valence-electron chi connectivity index (χ1n) is 5.96. The fourth-order valence-corrected chi connectivity index (χ4v) is 2.62. The predicted octanol–water partition coefficient (Wildman–Crippen LogP) is 3.04. The molecule has 2 atom stereocenters. The maximum atomic E-state index is 7.08. The summed E-state index contributed by atoms with van der Waals surface area (Å²) in [5.41, 5.74) is 3.25. The molecule has 0 amide bonds. The molecule has 3 heteroatoms. The second-order valence-electron chi connectivity index (χ2n) is 4.75. The number of nitrogens with one attached hydrogen (secondary N) is 2. The van der Waals surface area contributed by atoms with E-state index in [0.717, 1.165) is 23.7 Å². The first kappa shape index (κ1) is 10.4. The molecule has 1 fully saturated rings. The molecule has 86 valence electrons. The molecule has 0 saturated heterocycles. The van der Waals surface area contributed by atoms with Crippen molar-refractivity contribution in [3.05, 3.63) is 41.4 Å². The second-order valence-corrected chi connectivity index (χ2v) is 4.75. The van der Waals surface area contributed by atoms with Crippen LogP contribution in [0.3, 0.4) is 0 Å². The van der Waals surface area contributed by atoms with Crippen molar-refractivity contribution < 1.29 is 0 Å². The minimum absolute atomic E-state index is 0.664. The molecule has 2 N–H and O–H groups in total.